The standard InChI is InChI=1S/C18H32N2O5S2/c1-15(2)13-20(27(24,25)17-9-7-16(21)8-10-17)14-18(3,4)11-6-12-19-26(5,22)23/h7-10,15,19,21H,6,11-14H2,1-5H3. The summed E-state index contributed by atoms with van der Waals surface area (Å²) >= 11 is 0. The van der Waals surface area contributed by atoms with Gasteiger partial charge in [0.1, 0.15) is 5.75 Å². The highest BCUT2D eigenvalue weighted by Crippen LogP contribution is 2.28. The molecule has 156 valence electrons. The Labute approximate surface area is 163 Å². The van der Waals surface area contributed by atoms with Crippen LogP contribution < -0.4 is 4.72 Å². The molecule has 0 saturated carbocycles. The fraction of sp³-hybridized carbons (Fsp3) is 0.667. The zero-order chi connectivity index (χ0) is 20.9. The maximum absolute atomic E-state index is 13.1. The summed E-state index contributed by atoms with van der Waals surface area (Å²) in [5.74, 6) is 0.169. The molecule has 0 aliphatic heterocycles. The number of hydrogen-bond donors (Lipinski definition) is 2. The van der Waals surface area contributed by atoms with Gasteiger partial charge in [-0.1, -0.05) is 27.7 Å². The van der Waals surface area contributed by atoms with E-state index in [1.165, 1.54) is 28.6 Å². The number of aromatic hydroxyl groups is 1. The van der Waals surface area contributed by atoms with Crippen molar-refractivity contribution in [3.8, 4) is 5.75 Å². The molecule has 0 atom stereocenters. The van der Waals surface area contributed by atoms with Crippen molar-refractivity contribution >= 4 is 20.0 Å². The predicted octanol–water partition coefficient (Wildman–Crippen LogP) is 2.39. The Hall–Kier alpha value is -1.16. The average Bonchev–Trinajstić information content (AvgIpc) is 2.50. The molecule has 0 heterocycles. The normalized spacial score (nSPS) is 13.4. The van der Waals surface area contributed by atoms with Gasteiger partial charge < -0.3 is 5.11 Å². The highest BCUT2D eigenvalue weighted by atomic mass is 32.2. The molecule has 1 aromatic carbocycles. The fourth-order valence-corrected chi connectivity index (χ4v) is 5.11. The molecular weight excluding hydrogens is 388 g/mol. The van der Waals surface area contributed by atoms with Crippen molar-refractivity contribution in [2.75, 3.05) is 25.9 Å². The van der Waals surface area contributed by atoms with Gasteiger partial charge in [-0.25, -0.2) is 21.6 Å². The molecule has 0 radical (unpaired) electrons. The highest BCUT2D eigenvalue weighted by Gasteiger charge is 2.31. The molecule has 27 heavy (non-hydrogen) atoms. The second kappa shape index (κ2) is 9.36. The largest absolute Gasteiger partial charge is 0.508 e. The highest BCUT2D eigenvalue weighted by molar-refractivity contribution is 7.89. The summed E-state index contributed by atoms with van der Waals surface area (Å²) in [7, 11) is -6.91. The summed E-state index contributed by atoms with van der Waals surface area (Å²) in [5, 5.41) is 9.41. The van der Waals surface area contributed by atoms with Crippen molar-refractivity contribution in [2.24, 2.45) is 11.3 Å². The van der Waals surface area contributed by atoms with Gasteiger partial charge >= 0.3 is 0 Å². The SMILES string of the molecule is CC(C)CN(CC(C)(C)CCCNS(C)(=O)=O)S(=O)(=O)c1ccc(O)cc1. The van der Waals surface area contributed by atoms with Crippen LogP contribution in [-0.4, -0.2) is 52.1 Å². The predicted molar refractivity (Wildman–Crippen MR) is 108 cm³/mol. The molecular formula is C18H32N2O5S2. The molecule has 1 aromatic rings. The van der Waals surface area contributed by atoms with Crippen molar-refractivity contribution in [1.82, 2.24) is 9.03 Å². The molecule has 0 aliphatic carbocycles. The lowest BCUT2D eigenvalue weighted by molar-refractivity contribution is 0.226. The van der Waals surface area contributed by atoms with Gasteiger partial charge in [0.25, 0.3) is 0 Å². The Morgan fingerprint density at radius 2 is 1.67 bits per heavy atom. The monoisotopic (exact) mass is 420 g/mol. The summed E-state index contributed by atoms with van der Waals surface area (Å²) in [6.07, 6.45) is 2.41. The van der Waals surface area contributed by atoms with Gasteiger partial charge in [0.05, 0.1) is 11.2 Å². The zero-order valence-corrected chi connectivity index (χ0v) is 18.4. The number of phenolic OH excluding ortho intramolecular Hbond substituents is 1. The maximum atomic E-state index is 13.1. The third-order valence-corrected chi connectivity index (χ3v) is 6.60. The van der Waals surface area contributed by atoms with Crippen LogP contribution in [0.5, 0.6) is 5.75 Å². The van der Waals surface area contributed by atoms with Crippen molar-refractivity contribution in [3.05, 3.63) is 24.3 Å². The molecule has 0 spiro atoms. The van der Waals surface area contributed by atoms with Gasteiger partial charge in [-0.2, -0.15) is 4.31 Å². The van der Waals surface area contributed by atoms with Crippen molar-refractivity contribution in [1.29, 1.82) is 0 Å². The third-order valence-electron chi connectivity index (χ3n) is 4.04. The van der Waals surface area contributed by atoms with E-state index in [-0.39, 0.29) is 22.0 Å². The Morgan fingerprint density at radius 1 is 1.11 bits per heavy atom. The van der Waals surface area contributed by atoms with Gasteiger partial charge in [-0.05, 0) is 48.4 Å². The van der Waals surface area contributed by atoms with Gasteiger partial charge in [-0.3, -0.25) is 0 Å². The number of phenols is 1. The summed E-state index contributed by atoms with van der Waals surface area (Å²) in [6.45, 7) is 8.92. The van der Waals surface area contributed by atoms with Gasteiger partial charge in [0.15, 0.2) is 0 Å². The van der Waals surface area contributed by atoms with Crippen LogP contribution in [0.4, 0.5) is 0 Å². The molecule has 0 bridgehead atoms. The minimum Gasteiger partial charge on any atom is -0.508 e. The summed E-state index contributed by atoms with van der Waals surface area (Å²) in [6, 6.07) is 5.53. The van der Waals surface area contributed by atoms with Crippen LogP contribution >= 0.6 is 0 Å². The molecule has 0 aromatic heterocycles. The number of benzene rings is 1. The fourth-order valence-electron chi connectivity index (χ4n) is 2.80. The van der Waals surface area contributed by atoms with E-state index in [0.717, 1.165) is 6.26 Å². The Bertz CT molecular complexity index is 801. The van der Waals surface area contributed by atoms with E-state index in [9.17, 15) is 21.9 Å². The molecule has 9 heteroatoms. The van der Waals surface area contributed by atoms with Gasteiger partial charge in [0, 0.05) is 19.6 Å². The smallest absolute Gasteiger partial charge is 0.243 e. The summed E-state index contributed by atoms with van der Waals surface area (Å²) < 4.78 is 52.4. The topological polar surface area (TPSA) is 104 Å². The average molecular weight is 421 g/mol. The molecule has 0 aliphatic rings. The number of rotatable bonds is 11. The zero-order valence-electron chi connectivity index (χ0n) is 16.8. The maximum Gasteiger partial charge on any atom is 0.243 e. The first-order valence-electron chi connectivity index (χ1n) is 8.97. The molecule has 0 amide bonds. The van der Waals surface area contributed by atoms with E-state index >= 15 is 0 Å². The second-order valence-electron chi connectivity index (χ2n) is 8.12. The van der Waals surface area contributed by atoms with E-state index < -0.39 is 20.0 Å². The van der Waals surface area contributed by atoms with Crippen LogP contribution in [0.25, 0.3) is 0 Å². The molecule has 0 unspecified atom stereocenters. The molecule has 7 nitrogen and oxygen atoms in total. The van der Waals surface area contributed by atoms with Crippen LogP contribution in [0.3, 0.4) is 0 Å². The van der Waals surface area contributed by atoms with Crippen LogP contribution in [0.1, 0.15) is 40.5 Å². The first-order valence-corrected chi connectivity index (χ1v) is 12.3. The Balaban J connectivity index is 2.91. The summed E-state index contributed by atoms with van der Waals surface area (Å²) in [5.41, 5.74) is -0.321. The second-order valence-corrected chi connectivity index (χ2v) is 11.9. The lowest BCUT2D eigenvalue weighted by atomic mass is 9.87. The van der Waals surface area contributed by atoms with Crippen LogP contribution in [0, 0.1) is 11.3 Å². The lowest BCUT2D eigenvalue weighted by Crippen LogP contribution is -2.41. The number of nitrogens with zero attached hydrogens (tertiary/aromatic N) is 1. The lowest BCUT2D eigenvalue weighted by Gasteiger charge is -2.33. The van der Waals surface area contributed by atoms with E-state index in [1.807, 2.05) is 27.7 Å². The molecule has 0 fully saturated rings. The van der Waals surface area contributed by atoms with Crippen LogP contribution in [0.15, 0.2) is 29.2 Å². The minimum absolute atomic E-state index is 0.0167. The molecule has 2 N–H and O–H groups in total. The number of sulfonamides is 2. The summed E-state index contributed by atoms with van der Waals surface area (Å²) in [4.78, 5) is 0.149. The van der Waals surface area contributed by atoms with Crippen molar-refractivity contribution in [3.63, 3.8) is 0 Å². The van der Waals surface area contributed by atoms with E-state index in [0.29, 0.717) is 32.5 Å². The third kappa shape index (κ3) is 8.59. The van der Waals surface area contributed by atoms with E-state index in [1.54, 1.807) is 0 Å². The van der Waals surface area contributed by atoms with Crippen LogP contribution in [-0.2, 0) is 20.0 Å². The van der Waals surface area contributed by atoms with Crippen LogP contribution in [0.2, 0.25) is 0 Å². The minimum atomic E-state index is -3.69. The number of hydrogen-bond acceptors (Lipinski definition) is 5. The number of nitrogens with one attached hydrogen (secondary N) is 1. The first kappa shape index (κ1) is 23.9. The first-order chi connectivity index (χ1) is 12.2. The van der Waals surface area contributed by atoms with Gasteiger partial charge in [-0.15, -0.1) is 0 Å². The van der Waals surface area contributed by atoms with E-state index in [4.69, 9.17) is 0 Å². The van der Waals surface area contributed by atoms with Gasteiger partial charge in [0.2, 0.25) is 20.0 Å². The Kier molecular flexibility index (Phi) is 8.28. The molecule has 1 rings (SSSR count). The van der Waals surface area contributed by atoms with E-state index in [2.05, 4.69) is 4.72 Å². The molecule has 0 saturated heterocycles. The van der Waals surface area contributed by atoms with Crippen molar-refractivity contribution < 1.29 is 21.9 Å². The quantitative estimate of drug-likeness (QED) is 0.535. The Morgan fingerprint density at radius 3 is 2.15 bits per heavy atom. The van der Waals surface area contributed by atoms with Crippen molar-refractivity contribution in [2.45, 2.75) is 45.4 Å².